The molecule has 0 fully saturated rings. The quantitative estimate of drug-likeness (QED) is 0.749. The first-order valence-corrected chi connectivity index (χ1v) is 5.84. The number of hydrogen-bond donors (Lipinski definition) is 3. The van der Waals surface area contributed by atoms with Gasteiger partial charge in [-0.25, -0.2) is 0 Å². The first kappa shape index (κ1) is 12.4. The lowest BCUT2D eigenvalue weighted by atomic mass is 10.1. The summed E-state index contributed by atoms with van der Waals surface area (Å²) in [6.07, 6.45) is 3.52. The van der Waals surface area contributed by atoms with Crippen LogP contribution < -0.4 is 5.32 Å². The van der Waals surface area contributed by atoms with E-state index in [1.807, 2.05) is 25.3 Å². The fourth-order valence-corrected chi connectivity index (χ4v) is 1.73. The molecule has 0 amide bonds. The molecule has 0 saturated carbocycles. The van der Waals surface area contributed by atoms with Crippen LogP contribution in [-0.2, 0) is 13.1 Å². The average molecular weight is 247 g/mol. The van der Waals surface area contributed by atoms with Crippen LogP contribution in [0.2, 0.25) is 0 Å². The number of aliphatic hydroxyl groups excluding tert-OH is 1. The fourth-order valence-electron chi connectivity index (χ4n) is 1.73. The molecule has 1 aromatic heterocycles. The Bertz CT molecular complexity index is 523. The van der Waals surface area contributed by atoms with Gasteiger partial charge in [-0.15, -0.1) is 0 Å². The SMILES string of the molecule is Cc1ccc(O)c(CNc2cnn(CCO)c2)c1. The number of rotatable bonds is 5. The van der Waals surface area contributed by atoms with Gasteiger partial charge in [0.1, 0.15) is 5.75 Å². The van der Waals surface area contributed by atoms with Crippen molar-refractivity contribution in [3.63, 3.8) is 0 Å². The zero-order valence-corrected chi connectivity index (χ0v) is 10.3. The molecule has 2 rings (SSSR count). The molecule has 96 valence electrons. The van der Waals surface area contributed by atoms with Crippen LogP contribution in [0.3, 0.4) is 0 Å². The van der Waals surface area contributed by atoms with Crippen LogP contribution in [0.25, 0.3) is 0 Å². The Kier molecular flexibility index (Phi) is 3.84. The summed E-state index contributed by atoms with van der Waals surface area (Å²) in [6, 6.07) is 5.51. The molecule has 5 heteroatoms. The third-order valence-electron chi connectivity index (χ3n) is 2.68. The predicted molar refractivity (Wildman–Crippen MR) is 69.5 cm³/mol. The van der Waals surface area contributed by atoms with E-state index in [9.17, 15) is 5.11 Å². The van der Waals surface area contributed by atoms with E-state index in [-0.39, 0.29) is 12.4 Å². The normalized spacial score (nSPS) is 10.6. The predicted octanol–water partition coefficient (Wildman–Crippen LogP) is 1.50. The van der Waals surface area contributed by atoms with Crippen LogP contribution >= 0.6 is 0 Å². The fraction of sp³-hybridized carbons (Fsp3) is 0.308. The number of anilines is 1. The van der Waals surface area contributed by atoms with E-state index in [1.54, 1.807) is 16.9 Å². The molecular weight excluding hydrogens is 230 g/mol. The molecule has 0 radical (unpaired) electrons. The zero-order chi connectivity index (χ0) is 13.0. The number of phenolic OH excluding ortho intramolecular Hbond substituents is 1. The molecule has 2 aromatic rings. The van der Waals surface area contributed by atoms with Gasteiger partial charge in [-0.3, -0.25) is 4.68 Å². The first-order chi connectivity index (χ1) is 8.69. The van der Waals surface area contributed by atoms with Crippen molar-refractivity contribution in [3.8, 4) is 5.75 Å². The molecule has 0 unspecified atom stereocenters. The molecule has 18 heavy (non-hydrogen) atoms. The summed E-state index contributed by atoms with van der Waals surface area (Å²) in [7, 11) is 0. The summed E-state index contributed by atoms with van der Waals surface area (Å²) >= 11 is 0. The number of aryl methyl sites for hydroxylation is 1. The van der Waals surface area contributed by atoms with Gasteiger partial charge in [0, 0.05) is 18.3 Å². The lowest BCUT2D eigenvalue weighted by molar-refractivity contribution is 0.269. The number of phenols is 1. The van der Waals surface area contributed by atoms with Crippen molar-refractivity contribution in [1.29, 1.82) is 0 Å². The van der Waals surface area contributed by atoms with Gasteiger partial charge >= 0.3 is 0 Å². The van der Waals surface area contributed by atoms with Crippen molar-refractivity contribution in [3.05, 3.63) is 41.7 Å². The van der Waals surface area contributed by atoms with Crippen LogP contribution in [0.4, 0.5) is 5.69 Å². The molecule has 0 aliphatic rings. The van der Waals surface area contributed by atoms with E-state index < -0.39 is 0 Å². The summed E-state index contributed by atoms with van der Waals surface area (Å²) in [4.78, 5) is 0. The monoisotopic (exact) mass is 247 g/mol. The maximum Gasteiger partial charge on any atom is 0.120 e. The van der Waals surface area contributed by atoms with Crippen molar-refractivity contribution in [1.82, 2.24) is 9.78 Å². The summed E-state index contributed by atoms with van der Waals surface area (Å²) in [5, 5.41) is 25.8. The van der Waals surface area contributed by atoms with Gasteiger partial charge in [0.25, 0.3) is 0 Å². The molecule has 0 saturated heterocycles. The maximum atomic E-state index is 9.71. The van der Waals surface area contributed by atoms with Crippen molar-refractivity contribution in [2.24, 2.45) is 0 Å². The van der Waals surface area contributed by atoms with Crippen molar-refractivity contribution >= 4 is 5.69 Å². The van der Waals surface area contributed by atoms with Crippen molar-refractivity contribution in [2.75, 3.05) is 11.9 Å². The Morgan fingerprint density at radius 3 is 3.00 bits per heavy atom. The second-order valence-electron chi connectivity index (χ2n) is 4.20. The molecule has 0 atom stereocenters. The average Bonchev–Trinajstić information content (AvgIpc) is 2.79. The Hall–Kier alpha value is -2.01. The molecule has 5 nitrogen and oxygen atoms in total. The number of hydrogen-bond acceptors (Lipinski definition) is 4. The number of aliphatic hydroxyl groups is 1. The topological polar surface area (TPSA) is 70.3 Å². The van der Waals surface area contributed by atoms with Gasteiger partial charge in [-0.05, 0) is 13.0 Å². The van der Waals surface area contributed by atoms with E-state index in [2.05, 4.69) is 10.4 Å². The third-order valence-corrected chi connectivity index (χ3v) is 2.68. The maximum absolute atomic E-state index is 9.71. The van der Waals surface area contributed by atoms with Gasteiger partial charge in [0.05, 0.1) is 25.0 Å². The van der Waals surface area contributed by atoms with Crippen LogP contribution in [0, 0.1) is 6.92 Å². The molecule has 3 N–H and O–H groups in total. The Balaban J connectivity index is 1.99. The molecule has 0 aliphatic heterocycles. The molecule has 1 aromatic carbocycles. The highest BCUT2D eigenvalue weighted by atomic mass is 16.3. The minimum Gasteiger partial charge on any atom is -0.508 e. The second-order valence-corrected chi connectivity index (χ2v) is 4.20. The Morgan fingerprint density at radius 2 is 2.22 bits per heavy atom. The van der Waals surface area contributed by atoms with Gasteiger partial charge in [-0.2, -0.15) is 5.10 Å². The molecule has 0 bridgehead atoms. The number of benzene rings is 1. The van der Waals surface area contributed by atoms with E-state index in [4.69, 9.17) is 5.11 Å². The molecule has 1 heterocycles. The van der Waals surface area contributed by atoms with Gasteiger partial charge in [0.2, 0.25) is 0 Å². The second kappa shape index (κ2) is 5.55. The lowest BCUT2D eigenvalue weighted by Gasteiger charge is -2.07. The first-order valence-electron chi connectivity index (χ1n) is 5.84. The van der Waals surface area contributed by atoms with Crippen LogP contribution in [-0.4, -0.2) is 26.6 Å². The number of aromatic nitrogens is 2. The van der Waals surface area contributed by atoms with Crippen molar-refractivity contribution in [2.45, 2.75) is 20.0 Å². The van der Waals surface area contributed by atoms with E-state index >= 15 is 0 Å². The molecule has 0 spiro atoms. The van der Waals surface area contributed by atoms with E-state index in [0.29, 0.717) is 13.1 Å². The molecular formula is C13H17N3O2. The third kappa shape index (κ3) is 3.01. The summed E-state index contributed by atoms with van der Waals surface area (Å²) in [6.45, 7) is 3.08. The minimum atomic E-state index is 0.0692. The smallest absolute Gasteiger partial charge is 0.120 e. The minimum absolute atomic E-state index is 0.0692. The number of nitrogens with zero attached hydrogens (tertiary/aromatic N) is 2. The standard InChI is InChI=1S/C13H17N3O2/c1-10-2-3-13(18)11(6-10)7-14-12-8-15-16(9-12)4-5-17/h2-3,6,8-9,14,17-18H,4-5,7H2,1H3. The number of aromatic hydroxyl groups is 1. The van der Waals surface area contributed by atoms with Crippen LogP contribution in [0.15, 0.2) is 30.6 Å². The van der Waals surface area contributed by atoms with Crippen LogP contribution in [0.5, 0.6) is 5.75 Å². The summed E-state index contributed by atoms with van der Waals surface area (Å²) in [5.74, 6) is 0.288. The lowest BCUT2D eigenvalue weighted by Crippen LogP contribution is -2.02. The highest BCUT2D eigenvalue weighted by Gasteiger charge is 2.02. The zero-order valence-electron chi connectivity index (χ0n) is 10.3. The molecule has 0 aliphatic carbocycles. The Morgan fingerprint density at radius 1 is 1.39 bits per heavy atom. The van der Waals surface area contributed by atoms with E-state index in [0.717, 1.165) is 16.8 Å². The highest BCUT2D eigenvalue weighted by molar-refractivity contribution is 5.42. The summed E-state index contributed by atoms with van der Waals surface area (Å²) < 4.78 is 1.67. The van der Waals surface area contributed by atoms with Gasteiger partial charge in [0.15, 0.2) is 0 Å². The van der Waals surface area contributed by atoms with Gasteiger partial charge < -0.3 is 15.5 Å². The summed E-state index contributed by atoms with van der Waals surface area (Å²) in [5.41, 5.74) is 2.83. The Labute approximate surface area is 106 Å². The van der Waals surface area contributed by atoms with E-state index in [1.165, 1.54) is 0 Å². The largest absolute Gasteiger partial charge is 0.508 e. The van der Waals surface area contributed by atoms with Crippen molar-refractivity contribution < 1.29 is 10.2 Å². The van der Waals surface area contributed by atoms with Crippen LogP contribution in [0.1, 0.15) is 11.1 Å². The van der Waals surface area contributed by atoms with Gasteiger partial charge in [-0.1, -0.05) is 17.7 Å². The number of nitrogens with one attached hydrogen (secondary N) is 1. The highest BCUT2D eigenvalue weighted by Crippen LogP contribution is 2.19.